The summed E-state index contributed by atoms with van der Waals surface area (Å²) < 4.78 is 13.2. The molecule has 0 atom stereocenters. The van der Waals surface area contributed by atoms with Gasteiger partial charge in [0.2, 0.25) is 0 Å². The second-order valence-electron chi connectivity index (χ2n) is 4.64. The number of hydrogen-bond acceptors (Lipinski definition) is 5. The first-order valence-electron chi connectivity index (χ1n) is 6.51. The average Bonchev–Trinajstić information content (AvgIpc) is 2.90. The van der Waals surface area contributed by atoms with Crippen LogP contribution in [-0.2, 0) is 0 Å². The van der Waals surface area contributed by atoms with Crippen LogP contribution in [0.1, 0.15) is 10.5 Å². The summed E-state index contributed by atoms with van der Waals surface area (Å²) in [6, 6.07) is 10.1. The molecule has 2 aromatic carbocycles. The Kier molecular flexibility index (Phi) is 3.64. The number of primary amides is 1. The number of nitrogens with one attached hydrogen (secondary N) is 2. The summed E-state index contributed by atoms with van der Waals surface area (Å²) in [5.41, 5.74) is 6.29. The van der Waals surface area contributed by atoms with E-state index in [-0.39, 0.29) is 11.5 Å². The first-order chi connectivity index (χ1) is 10.6. The fourth-order valence-corrected chi connectivity index (χ4v) is 2.97. The minimum absolute atomic E-state index is 0.206. The molecule has 5 nitrogen and oxygen atoms in total. The van der Waals surface area contributed by atoms with Crippen molar-refractivity contribution >= 4 is 43.8 Å². The average molecular weight is 316 g/mol. The summed E-state index contributed by atoms with van der Waals surface area (Å²) in [5.74, 6) is -0.847. The zero-order valence-corrected chi connectivity index (χ0v) is 12.5. The van der Waals surface area contributed by atoms with Crippen LogP contribution >= 0.6 is 11.3 Å². The predicted octanol–water partition coefficient (Wildman–Crippen LogP) is 3.32. The van der Waals surface area contributed by atoms with Gasteiger partial charge in [0.25, 0.3) is 5.91 Å². The Balaban J connectivity index is 1.92. The van der Waals surface area contributed by atoms with Gasteiger partial charge in [0, 0.05) is 12.7 Å². The Morgan fingerprint density at radius 1 is 1.23 bits per heavy atom. The number of aromatic nitrogens is 1. The molecule has 0 aliphatic heterocycles. The Bertz CT molecular complexity index is 862. The lowest BCUT2D eigenvalue weighted by atomic mass is 10.1. The maximum Gasteiger partial charge on any atom is 0.270 e. The molecule has 0 spiro atoms. The number of nitrogens with zero attached hydrogens (tertiary/aromatic N) is 1. The van der Waals surface area contributed by atoms with Crippen molar-refractivity contribution < 1.29 is 9.18 Å². The molecule has 1 amide bonds. The molecular weight excluding hydrogens is 303 g/mol. The molecule has 0 fully saturated rings. The van der Waals surface area contributed by atoms with Crippen molar-refractivity contribution in [1.82, 2.24) is 4.98 Å². The number of carbonyl (C=O) groups excluding carboxylic acids is 1. The van der Waals surface area contributed by atoms with Crippen LogP contribution in [0.4, 0.5) is 20.2 Å². The first-order valence-corrected chi connectivity index (χ1v) is 7.33. The van der Waals surface area contributed by atoms with E-state index in [1.807, 2.05) is 18.2 Å². The lowest BCUT2D eigenvalue weighted by molar-refractivity contribution is 0.0997. The Labute approximate surface area is 130 Å². The van der Waals surface area contributed by atoms with Crippen LogP contribution in [0.3, 0.4) is 0 Å². The third-order valence-electron chi connectivity index (χ3n) is 3.14. The van der Waals surface area contributed by atoms with Crippen LogP contribution in [0, 0.1) is 5.82 Å². The smallest absolute Gasteiger partial charge is 0.270 e. The van der Waals surface area contributed by atoms with Gasteiger partial charge in [-0.2, -0.15) is 0 Å². The third kappa shape index (κ3) is 2.71. The minimum Gasteiger partial charge on any atom is -0.378 e. The number of thiazole rings is 1. The maximum absolute atomic E-state index is 13.2. The van der Waals surface area contributed by atoms with E-state index in [0.717, 1.165) is 16.5 Å². The number of amides is 1. The van der Waals surface area contributed by atoms with E-state index in [1.54, 1.807) is 13.1 Å². The monoisotopic (exact) mass is 316 g/mol. The summed E-state index contributed by atoms with van der Waals surface area (Å²) in [6.07, 6.45) is 0. The second kappa shape index (κ2) is 5.61. The summed E-state index contributed by atoms with van der Waals surface area (Å²) in [4.78, 5) is 15.5. The van der Waals surface area contributed by atoms with E-state index in [9.17, 15) is 9.18 Å². The number of anilines is 3. The molecule has 1 aromatic heterocycles. The molecule has 7 heteroatoms. The van der Waals surface area contributed by atoms with Gasteiger partial charge in [0.1, 0.15) is 10.8 Å². The number of halogens is 1. The zero-order chi connectivity index (χ0) is 15.7. The Morgan fingerprint density at radius 2 is 1.95 bits per heavy atom. The molecule has 0 aliphatic rings. The molecule has 0 unspecified atom stereocenters. The molecule has 0 saturated carbocycles. The number of nitrogens with two attached hydrogens (primary N) is 1. The standard InChI is InChI=1S/C15H13FN4OS/c1-18-14-12(13(17)21)20-15(22-14)19-11-5-3-8-6-10(16)4-2-9(8)7-11/h2-7,18H,1H3,(H2,17,21)(H,19,20). The normalized spacial score (nSPS) is 10.6. The molecule has 3 aromatic rings. The molecule has 1 heterocycles. The van der Waals surface area contributed by atoms with Crippen LogP contribution < -0.4 is 16.4 Å². The molecular formula is C15H13FN4OS. The van der Waals surface area contributed by atoms with Crippen LogP contribution in [-0.4, -0.2) is 17.9 Å². The van der Waals surface area contributed by atoms with Crippen molar-refractivity contribution in [1.29, 1.82) is 0 Å². The summed E-state index contributed by atoms with van der Waals surface area (Å²) in [7, 11) is 1.70. The topological polar surface area (TPSA) is 80.0 Å². The van der Waals surface area contributed by atoms with E-state index >= 15 is 0 Å². The minimum atomic E-state index is -0.581. The number of benzene rings is 2. The fraction of sp³-hybridized carbons (Fsp3) is 0.0667. The van der Waals surface area contributed by atoms with E-state index in [0.29, 0.717) is 10.1 Å². The largest absolute Gasteiger partial charge is 0.378 e. The van der Waals surface area contributed by atoms with Gasteiger partial charge in [0.05, 0.1) is 0 Å². The van der Waals surface area contributed by atoms with E-state index in [4.69, 9.17) is 5.73 Å². The lowest BCUT2D eigenvalue weighted by Crippen LogP contribution is -2.13. The van der Waals surface area contributed by atoms with E-state index in [2.05, 4.69) is 15.6 Å². The van der Waals surface area contributed by atoms with Crippen molar-refractivity contribution in [3.8, 4) is 0 Å². The molecule has 4 N–H and O–H groups in total. The van der Waals surface area contributed by atoms with Gasteiger partial charge in [-0.3, -0.25) is 4.79 Å². The predicted molar refractivity (Wildman–Crippen MR) is 87.4 cm³/mol. The van der Waals surface area contributed by atoms with Gasteiger partial charge in [-0.15, -0.1) is 0 Å². The molecule has 112 valence electrons. The highest BCUT2D eigenvalue weighted by atomic mass is 32.1. The van der Waals surface area contributed by atoms with Crippen molar-refractivity contribution in [2.45, 2.75) is 0 Å². The van der Waals surface area contributed by atoms with E-state index < -0.39 is 5.91 Å². The molecule has 3 rings (SSSR count). The van der Waals surface area contributed by atoms with Crippen molar-refractivity contribution in [2.24, 2.45) is 5.73 Å². The molecule has 0 aliphatic carbocycles. The Hall–Kier alpha value is -2.67. The Morgan fingerprint density at radius 3 is 2.64 bits per heavy atom. The van der Waals surface area contributed by atoms with Gasteiger partial charge in [0.15, 0.2) is 10.8 Å². The highest BCUT2D eigenvalue weighted by Gasteiger charge is 2.14. The van der Waals surface area contributed by atoms with Gasteiger partial charge in [-0.1, -0.05) is 23.5 Å². The third-order valence-corrected chi connectivity index (χ3v) is 4.13. The van der Waals surface area contributed by atoms with Crippen LogP contribution in [0.5, 0.6) is 0 Å². The van der Waals surface area contributed by atoms with Crippen LogP contribution in [0.2, 0.25) is 0 Å². The van der Waals surface area contributed by atoms with Gasteiger partial charge >= 0.3 is 0 Å². The molecule has 0 saturated heterocycles. The highest BCUT2D eigenvalue weighted by molar-refractivity contribution is 7.19. The fourth-order valence-electron chi connectivity index (χ4n) is 2.13. The van der Waals surface area contributed by atoms with Gasteiger partial charge in [-0.05, 0) is 35.0 Å². The summed E-state index contributed by atoms with van der Waals surface area (Å²) in [5, 5.41) is 8.91. The second-order valence-corrected chi connectivity index (χ2v) is 5.64. The van der Waals surface area contributed by atoms with Crippen molar-refractivity contribution in [3.63, 3.8) is 0 Å². The molecule has 0 radical (unpaired) electrons. The maximum atomic E-state index is 13.2. The number of fused-ring (bicyclic) bond motifs is 1. The molecule has 0 bridgehead atoms. The lowest BCUT2D eigenvalue weighted by Gasteiger charge is -2.04. The summed E-state index contributed by atoms with van der Waals surface area (Å²) in [6.45, 7) is 0. The quantitative estimate of drug-likeness (QED) is 0.690. The van der Waals surface area contributed by atoms with Gasteiger partial charge in [-0.25, -0.2) is 9.37 Å². The van der Waals surface area contributed by atoms with Crippen LogP contribution in [0.25, 0.3) is 10.8 Å². The van der Waals surface area contributed by atoms with Crippen molar-refractivity contribution in [3.05, 3.63) is 47.9 Å². The summed E-state index contributed by atoms with van der Waals surface area (Å²) >= 11 is 1.30. The van der Waals surface area contributed by atoms with E-state index in [1.165, 1.54) is 23.5 Å². The zero-order valence-electron chi connectivity index (χ0n) is 11.7. The van der Waals surface area contributed by atoms with Crippen molar-refractivity contribution in [2.75, 3.05) is 17.7 Å². The first kappa shape index (κ1) is 14.3. The number of rotatable bonds is 4. The SMILES string of the molecule is CNc1sc(Nc2ccc3cc(F)ccc3c2)nc1C(N)=O. The number of hydrogen-bond donors (Lipinski definition) is 3. The van der Waals surface area contributed by atoms with Crippen LogP contribution in [0.15, 0.2) is 36.4 Å². The highest BCUT2D eigenvalue weighted by Crippen LogP contribution is 2.31. The van der Waals surface area contributed by atoms with Gasteiger partial charge < -0.3 is 16.4 Å². The number of carbonyl (C=O) groups is 1. The molecule has 22 heavy (non-hydrogen) atoms.